The van der Waals surface area contributed by atoms with Crippen LogP contribution in [0.4, 0.5) is 5.69 Å². The van der Waals surface area contributed by atoms with E-state index in [-0.39, 0.29) is 6.04 Å². The maximum absolute atomic E-state index is 5.35. The SMILES string of the molecule is CC(C)N=C(NN)Nc1cccc(Br)c1. The zero-order valence-electron chi connectivity index (χ0n) is 8.79. The standard InChI is InChI=1S/C10H15BrN4/c1-7(2)13-10(15-12)14-9-5-3-4-8(11)6-9/h3-7H,12H2,1-2H3,(H2,13,14,15). The van der Waals surface area contributed by atoms with Gasteiger partial charge in [0.05, 0.1) is 0 Å². The summed E-state index contributed by atoms with van der Waals surface area (Å²) in [5, 5.41) is 3.08. The highest BCUT2D eigenvalue weighted by atomic mass is 79.9. The molecule has 0 aromatic heterocycles. The Morgan fingerprint density at radius 2 is 2.20 bits per heavy atom. The molecule has 4 nitrogen and oxygen atoms in total. The number of aliphatic imine (C=N–C) groups is 1. The Bertz CT molecular complexity index is 349. The van der Waals surface area contributed by atoms with Crippen LogP contribution < -0.4 is 16.6 Å². The van der Waals surface area contributed by atoms with Gasteiger partial charge in [0, 0.05) is 16.2 Å². The molecular weight excluding hydrogens is 256 g/mol. The second-order valence-electron chi connectivity index (χ2n) is 3.35. The monoisotopic (exact) mass is 270 g/mol. The van der Waals surface area contributed by atoms with E-state index in [4.69, 9.17) is 5.84 Å². The first-order valence-corrected chi connectivity index (χ1v) is 5.48. The average molecular weight is 271 g/mol. The van der Waals surface area contributed by atoms with Crippen LogP contribution in [0, 0.1) is 0 Å². The minimum absolute atomic E-state index is 0.190. The molecule has 0 bridgehead atoms. The Morgan fingerprint density at radius 3 is 2.73 bits per heavy atom. The summed E-state index contributed by atoms with van der Waals surface area (Å²) in [5.41, 5.74) is 3.46. The molecule has 0 heterocycles. The van der Waals surface area contributed by atoms with E-state index >= 15 is 0 Å². The third-order valence-corrected chi connectivity index (χ3v) is 2.10. The van der Waals surface area contributed by atoms with E-state index in [0.717, 1.165) is 10.2 Å². The summed E-state index contributed by atoms with van der Waals surface area (Å²) < 4.78 is 1.01. The van der Waals surface area contributed by atoms with Crippen molar-refractivity contribution >= 4 is 27.6 Å². The number of hydrogen-bond acceptors (Lipinski definition) is 2. The maximum Gasteiger partial charge on any atom is 0.210 e. The average Bonchev–Trinajstić information content (AvgIpc) is 2.16. The van der Waals surface area contributed by atoms with Crippen LogP contribution >= 0.6 is 15.9 Å². The summed E-state index contributed by atoms with van der Waals surface area (Å²) in [6.45, 7) is 3.97. The number of rotatable bonds is 2. The minimum Gasteiger partial charge on any atom is -0.325 e. The lowest BCUT2D eigenvalue weighted by Crippen LogP contribution is -2.36. The largest absolute Gasteiger partial charge is 0.325 e. The van der Waals surface area contributed by atoms with Gasteiger partial charge in [0.2, 0.25) is 5.96 Å². The van der Waals surface area contributed by atoms with E-state index < -0.39 is 0 Å². The number of nitrogens with one attached hydrogen (secondary N) is 2. The first-order valence-electron chi connectivity index (χ1n) is 4.69. The molecule has 0 atom stereocenters. The third-order valence-electron chi connectivity index (χ3n) is 1.61. The van der Waals surface area contributed by atoms with Gasteiger partial charge in [0.1, 0.15) is 0 Å². The van der Waals surface area contributed by atoms with Crippen LogP contribution in [0.25, 0.3) is 0 Å². The lowest BCUT2D eigenvalue weighted by molar-refractivity contribution is 0.819. The van der Waals surface area contributed by atoms with E-state index in [9.17, 15) is 0 Å². The van der Waals surface area contributed by atoms with Crippen LogP contribution in [-0.2, 0) is 0 Å². The smallest absolute Gasteiger partial charge is 0.210 e. The first kappa shape index (κ1) is 12.0. The second kappa shape index (κ2) is 5.72. The van der Waals surface area contributed by atoms with Crippen LogP contribution in [0.3, 0.4) is 0 Å². The van der Waals surface area contributed by atoms with Gasteiger partial charge in [-0.3, -0.25) is 5.43 Å². The topological polar surface area (TPSA) is 62.4 Å². The Kier molecular flexibility index (Phi) is 4.58. The molecule has 0 unspecified atom stereocenters. The van der Waals surface area contributed by atoms with Gasteiger partial charge in [-0.15, -0.1) is 0 Å². The Balaban J connectivity index is 2.75. The molecule has 1 aromatic carbocycles. The number of nitrogens with zero attached hydrogens (tertiary/aromatic N) is 1. The molecule has 0 saturated heterocycles. The molecule has 0 amide bonds. The number of benzene rings is 1. The molecule has 1 rings (SSSR count). The highest BCUT2D eigenvalue weighted by Gasteiger charge is 1.99. The first-order chi connectivity index (χ1) is 7.11. The van der Waals surface area contributed by atoms with Crippen molar-refractivity contribution in [1.82, 2.24) is 5.43 Å². The number of hydrazine groups is 1. The quantitative estimate of drug-likeness (QED) is 0.334. The van der Waals surface area contributed by atoms with Crippen molar-refractivity contribution in [2.75, 3.05) is 5.32 Å². The van der Waals surface area contributed by atoms with Gasteiger partial charge in [-0.1, -0.05) is 22.0 Å². The zero-order chi connectivity index (χ0) is 11.3. The number of nitrogens with two attached hydrogens (primary N) is 1. The van der Waals surface area contributed by atoms with E-state index in [0.29, 0.717) is 5.96 Å². The Morgan fingerprint density at radius 1 is 1.47 bits per heavy atom. The highest BCUT2D eigenvalue weighted by molar-refractivity contribution is 9.10. The molecule has 0 spiro atoms. The van der Waals surface area contributed by atoms with Crippen LogP contribution in [0.2, 0.25) is 0 Å². The van der Waals surface area contributed by atoms with Gasteiger partial charge >= 0.3 is 0 Å². The summed E-state index contributed by atoms with van der Waals surface area (Å²) in [7, 11) is 0. The molecule has 1 aromatic rings. The molecule has 5 heteroatoms. The van der Waals surface area contributed by atoms with E-state index in [1.54, 1.807) is 0 Å². The fraction of sp³-hybridized carbons (Fsp3) is 0.300. The molecule has 0 saturated carbocycles. The van der Waals surface area contributed by atoms with Gasteiger partial charge in [-0.25, -0.2) is 10.8 Å². The van der Waals surface area contributed by atoms with Crippen LogP contribution in [0.15, 0.2) is 33.7 Å². The molecule has 0 radical (unpaired) electrons. The Labute approximate surface area is 98.1 Å². The lowest BCUT2D eigenvalue weighted by Gasteiger charge is -2.10. The molecule has 4 N–H and O–H groups in total. The molecule has 0 aliphatic rings. The van der Waals surface area contributed by atoms with Crippen molar-refractivity contribution in [1.29, 1.82) is 0 Å². The number of hydrogen-bond donors (Lipinski definition) is 3. The van der Waals surface area contributed by atoms with E-state index in [1.807, 2.05) is 38.1 Å². The predicted octanol–water partition coefficient (Wildman–Crippen LogP) is 2.09. The van der Waals surface area contributed by atoms with Gasteiger partial charge < -0.3 is 5.32 Å². The van der Waals surface area contributed by atoms with E-state index in [1.165, 1.54) is 0 Å². The molecular formula is C10H15BrN4. The second-order valence-corrected chi connectivity index (χ2v) is 4.27. The van der Waals surface area contributed by atoms with Crippen molar-refractivity contribution in [2.24, 2.45) is 10.8 Å². The van der Waals surface area contributed by atoms with Crippen molar-refractivity contribution in [3.63, 3.8) is 0 Å². The van der Waals surface area contributed by atoms with Crippen molar-refractivity contribution in [3.8, 4) is 0 Å². The van der Waals surface area contributed by atoms with E-state index in [2.05, 4.69) is 31.7 Å². The Hall–Kier alpha value is -1.07. The van der Waals surface area contributed by atoms with Crippen LogP contribution in [0.5, 0.6) is 0 Å². The van der Waals surface area contributed by atoms with Crippen molar-refractivity contribution in [3.05, 3.63) is 28.7 Å². The van der Waals surface area contributed by atoms with Gasteiger partial charge in [0.25, 0.3) is 0 Å². The third kappa shape index (κ3) is 4.31. The minimum atomic E-state index is 0.190. The summed E-state index contributed by atoms with van der Waals surface area (Å²) in [6, 6.07) is 7.98. The van der Waals surface area contributed by atoms with Gasteiger partial charge in [-0.2, -0.15) is 0 Å². The molecule has 0 aliphatic heterocycles. The molecule has 0 fully saturated rings. The predicted molar refractivity (Wildman–Crippen MR) is 67.7 cm³/mol. The molecule has 82 valence electrons. The molecule has 15 heavy (non-hydrogen) atoms. The number of anilines is 1. The summed E-state index contributed by atoms with van der Waals surface area (Å²) >= 11 is 3.39. The fourth-order valence-corrected chi connectivity index (χ4v) is 1.47. The lowest BCUT2D eigenvalue weighted by atomic mass is 10.3. The highest BCUT2D eigenvalue weighted by Crippen LogP contribution is 2.15. The number of halogens is 1. The van der Waals surface area contributed by atoms with Crippen molar-refractivity contribution < 1.29 is 0 Å². The van der Waals surface area contributed by atoms with Crippen LogP contribution in [0.1, 0.15) is 13.8 Å². The summed E-state index contributed by atoms with van der Waals surface area (Å²) in [4.78, 5) is 4.27. The summed E-state index contributed by atoms with van der Waals surface area (Å²) in [5.74, 6) is 5.91. The van der Waals surface area contributed by atoms with Crippen LogP contribution in [-0.4, -0.2) is 12.0 Å². The maximum atomic E-state index is 5.35. The summed E-state index contributed by atoms with van der Waals surface area (Å²) in [6.07, 6.45) is 0. The van der Waals surface area contributed by atoms with Crippen molar-refractivity contribution in [2.45, 2.75) is 19.9 Å². The van der Waals surface area contributed by atoms with Gasteiger partial charge in [0.15, 0.2) is 0 Å². The van der Waals surface area contributed by atoms with Gasteiger partial charge in [-0.05, 0) is 32.0 Å². The molecule has 0 aliphatic carbocycles. The fourth-order valence-electron chi connectivity index (χ4n) is 1.07. The zero-order valence-corrected chi connectivity index (χ0v) is 10.4. The normalized spacial score (nSPS) is 11.7. The number of guanidine groups is 1.